The monoisotopic (exact) mass is 385 g/mol. The van der Waals surface area contributed by atoms with Crippen LogP contribution in [0, 0.1) is 11.8 Å². The maximum absolute atomic E-state index is 13.1. The lowest BCUT2D eigenvalue weighted by molar-refractivity contribution is -0.137. The summed E-state index contributed by atoms with van der Waals surface area (Å²) in [6.45, 7) is 0. The molecule has 2 fully saturated rings. The van der Waals surface area contributed by atoms with E-state index < -0.39 is 47.2 Å². The summed E-state index contributed by atoms with van der Waals surface area (Å²) in [4.78, 5) is 39.7. The quantitative estimate of drug-likeness (QED) is 0.704. The minimum atomic E-state index is -4.58. The predicted molar refractivity (Wildman–Crippen MR) is 92.5 cm³/mol. The summed E-state index contributed by atoms with van der Waals surface area (Å²) in [5.41, 5.74) is 0.621. The molecule has 3 aliphatic carbocycles. The Morgan fingerprint density at radius 2 is 1.54 bits per heavy atom. The Morgan fingerprint density at radius 1 is 0.857 bits per heavy atom. The van der Waals surface area contributed by atoms with Gasteiger partial charge < -0.3 is 0 Å². The van der Waals surface area contributed by atoms with Gasteiger partial charge in [0.2, 0.25) is 11.8 Å². The second-order valence-corrected chi connectivity index (χ2v) is 7.50. The Kier molecular flexibility index (Phi) is 3.39. The summed E-state index contributed by atoms with van der Waals surface area (Å²) in [7, 11) is 0. The van der Waals surface area contributed by atoms with Crippen LogP contribution in [0.15, 0.2) is 48.5 Å². The highest BCUT2D eigenvalue weighted by Crippen LogP contribution is 2.57. The molecule has 2 bridgehead atoms. The summed E-state index contributed by atoms with van der Waals surface area (Å²) in [6, 6.07) is 11.5. The molecule has 0 N–H and O–H groups in total. The molecule has 0 unspecified atom stereocenters. The summed E-state index contributed by atoms with van der Waals surface area (Å²) in [6.07, 6.45) is -4.40. The van der Waals surface area contributed by atoms with E-state index in [1.165, 1.54) is 12.1 Å². The fourth-order valence-electron chi connectivity index (χ4n) is 5.04. The van der Waals surface area contributed by atoms with Crippen molar-refractivity contribution in [3.63, 3.8) is 0 Å². The molecule has 2 aromatic rings. The number of alkyl halides is 3. The molecule has 0 spiro atoms. The van der Waals surface area contributed by atoms with Gasteiger partial charge in [0.15, 0.2) is 0 Å². The largest absolute Gasteiger partial charge is 0.416 e. The van der Waals surface area contributed by atoms with Gasteiger partial charge in [0.05, 0.1) is 29.0 Å². The van der Waals surface area contributed by atoms with Crippen molar-refractivity contribution < 1.29 is 27.6 Å². The molecular weight excluding hydrogens is 371 g/mol. The number of carbonyl (C=O) groups excluding carboxylic acids is 3. The van der Waals surface area contributed by atoms with Crippen LogP contribution in [-0.2, 0) is 20.6 Å². The van der Waals surface area contributed by atoms with E-state index in [0.29, 0.717) is 0 Å². The number of nitrogens with zero attached hydrogens (tertiary/aromatic N) is 1. The van der Waals surface area contributed by atoms with Gasteiger partial charge in [-0.05, 0) is 29.3 Å². The van der Waals surface area contributed by atoms with E-state index in [1.54, 1.807) is 12.1 Å². The van der Waals surface area contributed by atoms with E-state index in [9.17, 15) is 27.6 Å². The van der Waals surface area contributed by atoms with Crippen LogP contribution in [0.4, 0.5) is 18.9 Å². The standard InChI is InChI=1S/C21H14F3NO3/c22-21(23,24)10-4-3-5-11(8-10)25-19(27)17-14-9-15(26)16(18(17)20(25)28)13-7-2-1-6-12(13)14/h1-8,14,16-18H,9H2/t14-,16+,17+,18+/m0/s1. The molecule has 2 amide bonds. The van der Waals surface area contributed by atoms with Crippen LogP contribution in [0.25, 0.3) is 0 Å². The molecule has 2 aromatic carbocycles. The third-order valence-electron chi connectivity index (χ3n) is 6.12. The van der Waals surface area contributed by atoms with Crippen molar-refractivity contribution >= 4 is 23.3 Å². The van der Waals surface area contributed by atoms with Gasteiger partial charge in [-0.1, -0.05) is 30.3 Å². The van der Waals surface area contributed by atoms with Crippen molar-refractivity contribution in [2.45, 2.75) is 24.4 Å². The van der Waals surface area contributed by atoms with Crippen LogP contribution in [0.1, 0.15) is 34.9 Å². The van der Waals surface area contributed by atoms with Crippen LogP contribution in [-0.4, -0.2) is 17.6 Å². The number of fused-ring (bicyclic) bond motifs is 1. The molecule has 1 aliphatic heterocycles. The fourth-order valence-corrected chi connectivity index (χ4v) is 5.04. The summed E-state index contributed by atoms with van der Waals surface area (Å²) < 4.78 is 39.2. The highest BCUT2D eigenvalue weighted by molar-refractivity contribution is 6.24. The first-order chi connectivity index (χ1) is 13.3. The van der Waals surface area contributed by atoms with Gasteiger partial charge in [-0.3, -0.25) is 14.4 Å². The average molecular weight is 385 g/mol. The summed E-state index contributed by atoms with van der Waals surface area (Å²) in [5, 5.41) is 0. The third kappa shape index (κ3) is 2.16. The van der Waals surface area contributed by atoms with Crippen molar-refractivity contribution in [2.24, 2.45) is 11.8 Å². The molecular formula is C21H14F3NO3. The van der Waals surface area contributed by atoms with Gasteiger partial charge in [0.1, 0.15) is 5.78 Å². The number of carbonyl (C=O) groups is 3. The molecule has 0 aromatic heterocycles. The van der Waals surface area contributed by atoms with Gasteiger partial charge in [-0.25, -0.2) is 4.90 Å². The van der Waals surface area contributed by atoms with E-state index in [1.807, 2.05) is 12.1 Å². The number of ketones is 1. The molecule has 28 heavy (non-hydrogen) atoms. The average Bonchev–Trinajstić information content (AvgIpc) is 2.93. The second kappa shape index (κ2) is 5.53. The van der Waals surface area contributed by atoms with Crippen molar-refractivity contribution in [1.29, 1.82) is 0 Å². The maximum atomic E-state index is 13.1. The number of imide groups is 1. The van der Waals surface area contributed by atoms with Crippen molar-refractivity contribution in [2.75, 3.05) is 4.90 Å². The highest BCUT2D eigenvalue weighted by atomic mass is 19.4. The highest BCUT2D eigenvalue weighted by Gasteiger charge is 2.62. The Bertz CT molecular complexity index is 1050. The minimum absolute atomic E-state index is 0.0861. The van der Waals surface area contributed by atoms with E-state index in [-0.39, 0.29) is 17.9 Å². The Hall–Kier alpha value is -2.96. The number of benzene rings is 2. The van der Waals surface area contributed by atoms with Gasteiger partial charge in [-0.2, -0.15) is 13.2 Å². The Balaban J connectivity index is 1.62. The molecule has 4 aliphatic rings. The zero-order valence-electron chi connectivity index (χ0n) is 14.4. The molecule has 6 rings (SSSR count). The summed E-state index contributed by atoms with van der Waals surface area (Å²) >= 11 is 0. The smallest absolute Gasteiger partial charge is 0.299 e. The normalized spacial score (nSPS) is 28.5. The van der Waals surface area contributed by atoms with Gasteiger partial charge in [0.25, 0.3) is 0 Å². The van der Waals surface area contributed by atoms with E-state index in [2.05, 4.69) is 0 Å². The first-order valence-corrected chi connectivity index (χ1v) is 8.95. The molecule has 142 valence electrons. The number of amides is 2. The molecule has 1 heterocycles. The van der Waals surface area contributed by atoms with E-state index >= 15 is 0 Å². The van der Waals surface area contributed by atoms with Gasteiger partial charge in [-0.15, -0.1) is 0 Å². The molecule has 4 atom stereocenters. The third-order valence-corrected chi connectivity index (χ3v) is 6.12. The SMILES string of the molecule is O=C1C[C@H]2c3ccccc3[C@H]1[C@H]1C(=O)N(c3cccc(C(F)(F)F)c3)C(=O)[C@@H]12. The summed E-state index contributed by atoms with van der Waals surface area (Å²) in [5.74, 6) is -3.87. The number of hydrogen-bond acceptors (Lipinski definition) is 3. The Morgan fingerprint density at radius 3 is 2.25 bits per heavy atom. The molecule has 7 heteroatoms. The molecule has 4 nitrogen and oxygen atoms in total. The van der Waals surface area contributed by atoms with Crippen molar-refractivity contribution in [1.82, 2.24) is 0 Å². The lowest BCUT2D eigenvalue weighted by Crippen LogP contribution is -2.44. The first kappa shape index (κ1) is 17.2. The lowest BCUT2D eigenvalue weighted by Gasteiger charge is -2.43. The van der Waals surface area contributed by atoms with Crippen LogP contribution in [0.5, 0.6) is 0 Å². The lowest BCUT2D eigenvalue weighted by atomic mass is 9.56. The van der Waals surface area contributed by atoms with Crippen LogP contribution >= 0.6 is 0 Å². The number of halogens is 3. The number of hydrogen-bond donors (Lipinski definition) is 0. The maximum Gasteiger partial charge on any atom is 0.416 e. The minimum Gasteiger partial charge on any atom is -0.299 e. The predicted octanol–water partition coefficient (Wildman–Crippen LogP) is 3.66. The van der Waals surface area contributed by atoms with E-state index in [4.69, 9.17) is 0 Å². The number of anilines is 1. The fraction of sp³-hybridized carbons (Fsp3) is 0.286. The van der Waals surface area contributed by atoms with Crippen molar-refractivity contribution in [3.8, 4) is 0 Å². The second-order valence-electron chi connectivity index (χ2n) is 7.50. The molecule has 1 saturated carbocycles. The molecule has 1 saturated heterocycles. The zero-order chi connectivity index (χ0) is 19.8. The van der Waals surface area contributed by atoms with Gasteiger partial charge in [0, 0.05) is 12.3 Å². The van der Waals surface area contributed by atoms with Crippen LogP contribution < -0.4 is 4.90 Å². The van der Waals surface area contributed by atoms with E-state index in [0.717, 1.165) is 28.2 Å². The number of rotatable bonds is 1. The zero-order valence-corrected chi connectivity index (χ0v) is 14.4. The number of Topliss-reactive ketones (excluding diaryl/α,β-unsaturated/α-hetero) is 1. The van der Waals surface area contributed by atoms with Crippen LogP contribution in [0.3, 0.4) is 0 Å². The topological polar surface area (TPSA) is 54.5 Å². The van der Waals surface area contributed by atoms with Gasteiger partial charge >= 0.3 is 6.18 Å². The van der Waals surface area contributed by atoms with Crippen molar-refractivity contribution in [3.05, 3.63) is 65.2 Å². The Labute approximate surface area is 157 Å². The molecule has 0 radical (unpaired) electrons. The first-order valence-electron chi connectivity index (χ1n) is 8.95. The van der Waals surface area contributed by atoms with Crippen LogP contribution in [0.2, 0.25) is 0 Å².